The summed E-state index contributed by atoms with van der Waals surface area (Å²) in [6.45, 7) is 0.470. The fraction of sp³-hybridized carbons (Fsp3) is 0.0588. The van der Waals surface area contributed by atoms with Gasteiger partial charge in [0.15, 0.2) is 0 Å². The van der Waals surface area contributed by atoms with Crippen LogP contribution in [0.5, 0.6) is 0 Å². The van der Waals surface area contributed by atoms with Crippen LogP contribution in [-0.2, 0) is 6.54 Å². The monoisotopic (exact) mass is 326 g/mol. The molecule has 0 radical (unpaired) electrons. The van der Waals surface area contributed by atoms with Crippen LogP contribution < -0.4 is 11.1 Å². The number of hydrogen-bond acceptors (Lipinski definition) is 3. The number of aromatic nitrogens is 2. The first kappa shape index (κ1) is 15.1. The van der Waals surface area contributed by atoms with Gasteiger partial charge < -0.3 is 16.0 Å². The third-order valence-electron chi connectivity index (χ3n) is 3.46. The zero-order valence-electron chi connectivity index (χ0n) is 12.2. The number of nitrogens with two attached hydrogens (primary N) is 1. The average molecular weight is 327 g/mol. The van der Waals surface area contributed by atoms with E-state index in [1.807, 2.05) is 36.4 Å². The molecule has 0 atom stereocenters. The topological polar surface area (TPSA) is 83.8 Å². The van der Waals surface area contributed by atoms with Crippen molar-refractivity contribution in [3.05, 3.63) is 71.3 Å². The molecule has 1 heterocycles. The van der Waals surface area contributed by atoms with E-state index in [-0.39, 0.29) is 0 Å². The number of carbonyl (C=O) groups excluding carboxylic acids is 1. The summed E-state index contributed by atoms with van der Waals surface area (Å²) in [5.74, 6) is 0.298. The normalized spacial score (nSPS) is 10.5. The minimum atomic E-state index is -0.477. The van der Waals surface area contributed by atoms with Gasteiger partial charge in [0.2, 0.25) is 0 Å². The van der Waals surface area contributed by atoms with Crippen LogP contribution >= 0.6 is 11.6 Å². The van der Waals surface area contributed by atoms with E-state index < -0.39 is 5.91 Å². The highest BCUT2D eigenvalue weighted by Crippen LogP contribution is 2.27. The molecule has 116 valence electrons. The van der Waals surface area contributed by atoms with Crippen molar-refractivity contribution in [2.75, 3.05) is 5.32 Å². The summed E-state index contributed by atoms with van der Waals surface area (Å²) < 4.78 is 0. The number of hydrogen-bond donors (Lipinski definition) is 3. The Bertz CT molecular complexity index is 813. The Hall–Kier alpha value is -2.79. The standard InChI is InChI=1S/C17H15ClN4O/c18-13-4-1-11(2-5-13)12-3-6-14(17(19)23)15(9-12)22-10-16-20-7-8-21-16/h1-9,22H,10H2,(H2,19,23)(H,20,21). The molecule has 0 aliphatic carbocycles. The zero-order chi connectivity index (χ0) is 16.2. The lowest BCUT2D eigenvalue weighted by Crippen LogP contribution is -2.14. The molecule has 0 saturated carbocycles. The number of nitrogens with one attached hydrogen (secondary N) is 2. The van der Waals surface area contributed by atoms with Crippen molar-refractivity contribution in [3.8, 4) is 11.1 Å². The lowest BCUT2D eigenvalue weighted by Gasteiger charge is -2.12. The van der Waals surface area contributed by atoms with Crippen molar-refractivity contribution in [3.63, 3.8) is 0 Å². The lowest BCUT2D eigenvalue weighted by atomic mass is 10.0. The maximum absolute atomic E-state index is 11.6. The molecule has 23 heavy (non-hydrogen) atoms. The van der Waals surface area contributed by atoms with Gasteiger partial charge in [-0.2, -0.15) is 0 Å². The van der Waals surface area contributed by atoms with Gasteiger partial charge in [-0.25, -0.2) is 4.98 Å². The molecule has 0 bridgehead atoms. The molecule has 0 aliphatic rings. The highest BCUT2D eigenvalue weighted by atomic mass is 35.5. The third-order valence-corrected chi connectivity index (χ3v) is 3.72. The van der Waals surface area contributed by atoms with E-state index in [0.29, 0.717) is 22.8 Å². The number of halogens is 1. The molecule has 3 rings (SSSR count). The Morgan fingerprint density at radius 2 is 1.91 bits per heavy atom. The van der Waals surface area contributed by atoms with Gasteiger partial charge in [-0.1, -0.05) is 29.8 Å². The van der Waals surface area contributed by atoms with E-state index in [0.717, 1.165) is 17.0 Å². The molecular formula is C17H15ClN4O. The Morgan fingerprint density at radius 1 is 1.17 bits per heavy atom. The highest BCUT2D eigenvalue weighted by Gasteiger charge is 2.10. The van der Waals surface area contributed by atoms with Crippen LogP contribution in [0.15, 0.2) is 54.9 Å². The molecule has 6 heteroatoms. The van der Waals surface area contributed by atoms with Crippen molar-refractivity contribution < 1.29 is 4.79 Å². The Labute approximate surface area is 138 Å². The van der Waals surface area contributed by atoms with Crippen molar-refractivity contribution in [1.82, 2.24) is 9.97 Å². The van der Waals surface area contributed by atoms with E-state index in [1.165, 1.54) is 0 Å². The zero-order valence-corrected chi connectivity index (χ0v) is 13.0. The van der Waals surface area contributed by atoms with E-state index in [4.69, 9.17) is 17.3 Å². The van der Waals surface area contributed by atoms with Gasteiger partial charge in [-0.3, -0.25) is 4.79 Å². The lowest BCUT2D eigenvalue weighted by molar-refractivity contribution is 0.100. The first-order valence-corrected chi connectivity index (χ1v) is 7.43. The van der Waals surface area contributed by atoms with Crippen LogP contribution in [0.3, 0.4) is 0 Å². The van der Waals surface area contributed by atoms with Gasteiger partial charge in [0.1, 0.15) is 5.82 Å². The summed E-state index contributed by atoms with van der Waals surface area (Å²) in [4.78, 5) is 18.8. The number of H-pyrrole nitrogens is 1. The predicted molar refractivity (Wildman–Crippen MR) is 91.3 cm³/mol. The van der Waals surface area contributed by atoms with Gasteiger partial charge in [0.05, 0.1) is 12.1 Å². The van der Waals surface area contributed by atoms with Gasteiger partial charge in [-0.05, 0) is 35.4 Å². The minimum absolute atomic E-state index is 0.439. The van der Waals surface area contributed by atoms with E-state index in [9.17, 15) is 4.79 Å². The van der Waals surface area contributed by atoms with Gasteiger partial charge >= 0.3 is 0 Å². The fourth-order valence-electron chi connectivity index (χ4n) is 2.30. The maximum Gasteiger partial charge on any atom is 0.250 e. The van der Waals surface area contributed by atoms with Gasteiger partial charge in [0.25, 0.3) is 5.91 Å². The molecule has 0 spiro atoms. The molecule has 4 N–H and O–H groups in total. The highest BCUT2D eigenvalue weighted by molar-refractivity contribution is 6.30. The van der Waals surface area contributed by atoms with Crippen LogP contribution in [0, 0.1) is 0 Å². The number of amides is 1. The number of carbonyl (C=O) groups is 1. The van der Waals surface area contributed by atoms with Crippen LogP contribution in [0.4, 0.5) is 5.69 Å². The largest absolute Gasteiger partial charge is 0.377 e. The molecule has 0 aliphatic heterocycles. The Morgan fingerprint density at radius 3 is 2.57 bits per heavy atom. The molecule has 1 aromatic heterocycles. The Kier molecular flexibility index (Phi) is 4.30. The van der Waals surface area contributed by atoms with E-state index in [2.05, 4.69) is 15.3 Å². The third kappa shape index (κ3) is 3.52. The van der Waals surface area contributed by atoms with Crippen molar-refractivity contribution in [2.45, 2.75) is 6.54 Å². The van der Waals surface area contributed by atoms with E-state index >= 15 is 0 Å². The van der Waals surface area contributed by atoms with Gasteiger partial charge in [0, 0.05) is 23.1 Å². The van der Waals surface area contributed by atoms with Crippen LogP contribution in [0.25, 0.3) is 11.1 Å². The van der Waals surface area contributed by atoms with E-state index in [1.54, 1.807) is 18.5 Å². The van der Waals surface area contributed by atoms with Crippen LogP contribution in [0.2, 0.25) is 5.02 Å². The number of nitrogens with zero attached hydrogens (tertiary/aromatic N) is 1. The molecule has 1 amide bonds. The van der Waals surface area contributed by atoms with Crippen LogP contribution in [0.1, 0.15) is 16.2 Å². The predicted octanol–water partition coefficient (Wildman–Crippen LogP) is 3.44. The summed E-state index contributed by atoms with van der Waals surface area (Å²) in [5, 5.41) is 3.88. The Balaban J connectivity index is 1.92. The molecular weight excluding hydrogens is 312 g/mol. The molecule has 0 unspecified atom stereocenters. The summed E-state index contributed by atoms with van der Waals surface area (Å²) >= 11 is 5.92. The first-order valence-electron chi connectivity index (χ1n) is 7.05. The van der Waals surface area contributed by atoms with Crippen LogP contribution in [-0.4, -0.2) is 15.9 Å². The number of benzene rings is 2. The average Bonchev–Trinajstić information content (AvgIpc) is 3.06. The summed E-state index contributed by atoms with van der Waals surface area (Å²) in [5.41, 5.74) is 8.53. The second-order valence-electron chi connectivity index (χ2n) is 5.02. The second-order valence-corrected chi connectivity index (χ2v) is 5.46. The molecule has 5 nitrogen and oxygen atoms in total. The number of aromatic amines is 1. The number of anilines is 1. The quantitative estimate of drug-likeness (QED) is 0.671. The minimum Gasteiger partial charge on any atom is -0.377 e. The van der Waals surface area contributed by atoms with Crippen molar-refractivity contribution in [1.29, 1.82) is 0 Å². The molecule has 2 aromatic carbocycles. The number of primary amides is 1. The smallest absolute Gasteiger partial charge is 0.250 e. The number of imidazole rings is 1. The van der Waals surface area contributed by atoms with Crippen molar-refractivity contribution >= 4 is 23.2 Å². The van der Waals surface area contributed by atoms with Gasteiger partial charge in [-0.15, -0.1) is 0 Å². The fourth-order valence-corrected chi connectivity index (χ4v) is 2.43. The summed E-state index contributed by atoms with van der Waals surface area (Å²) in [6, 6.07) is 13.0. The molecule has 3 aromatic rings. The molecule has 0 saturated heterocycles. The maximum atomic E-state index is 11.6. The summed E-state index contributed by atoms with van der Waals surface area (Å²) in [7, 11) is 0. The summed E-state index contributed by atoms with van der Waals surface area (Å²) in [6.07, 6.45) is 3.42. The van der Waals surface area contributed by atoms with Crippen molar-refractivity contribution in [2.24, 2.45) is 5.73 Å². The SMILES string of the molecule is NC(=O)c1ccc(-c2ccc(Cl)cc2)cc1NCc1ncc[nH]1. The molecule has 0 fully saturated rings. The first-order chi connectivity index (χ1) is 11.1. The number of rotatable bonds is 5. The second kappa shape index (κ2) is 6.54.